The standard InChI is InChI=1S/C22H23FN4O3S/c23-18-8-17-14(10-27(22(17)30)19-1-2-20(28)25-21(19)29)7-16(18)13-3-5-26(6-4-13)11-15-9-24-12-31-15/h7-9,12-13,19H,1-6,10-11H2,(H,25,28,29). The predicted molar refractivity (Wildman–Crippen MR) is 112 cm³/mol. The number of fused-ring (bicyclic) bond motifs is 1. The van der Waals surface area contributed by atoms with E-state index in [0.29, 0.717) is 17.5 Å². The maximum Gasteiger partial charge on any atom is 0.255 e. The number of carbonyl (C=O) groups is 3. The highest BCUT2D eigenvalue weighted by atomic mass is 32.1. The summed E-state index contributed by atoms with van der Waals surface area (Å²) in [5, 5.41) is 2.29. The monoisotopic (exact) mass is 442 g/mol. The van der Waals surface area contributed by atoms with Crippen molar-refractivity contribution in [3.05, 3.63) is 51.2 Å². The zero-order valence-electron chi connectivity index (χ0n) is 17.0. The first-order valence-corrected chi connectivity index (χ1v) is 11.4. The van der Waals surface area contributed by atoms with Gasteiger partial charge in [0.05, 0.1) is 5.51 Å². The highest BCUT2D eigenvalue weighted by molar-refractivity contribution is 7.09. The molecule has 3 aliphatic rings. The van der Waals surface area contributed by atoms with Crippen LogP contribution in [0, 0.1) is 5.82 Å². The molecule has 7 nitrogen and oxygen atoms in total. The summed E-state index contributed by atoms with van der Waals surface area (Å²) in [5.74, 6) is -1.35. The number of piperidine rings is 2. The molecule has 162 valence electrons. The molecule has 3 amide bonds. The Morgan fingerprint density at radius 2 is 1.97 bits per heavy atom. The van der Waals surface area contributed by atoms with Crippen LogP contribution in [-0.4, -0.2) is 51.6 Å². The Balaban J connectivity index is 1.29. The van der Waals surface area contributed by atoms with Gasteiger partial charge in [-0.15, -0.1) is 11.3 Å². The van der Waals surface area contributed by atoms with Gasteiger partial charge in [-0.25, -0.2) is 4.39 Å². The zero-order valence-corrected chi connectivity index (χ0v) is 17.8. The molecular weight excluding hydrogens is 419 g/mol. The lowest BCUT2D eigenvalue weighted by Crippen LogP contribution is -2.52. The van der Waals surface area contributed by atoms with Gasteiger partial charge in [-0.2, -0.15) is 0 Å². The minimum atomic E-state index is -0.681. The van der Waals surface area contributed by atoms with Crippen LogP contribution in [0.2, 0.25) is 0 Å². The number of carbonyl (C=O) groups excluding carboxylic acids is 3. The van der Waals surface area contributed by atoms with Crippen LogP contribution in [0.1, 0.15) is 58.0 Å². The molecule has 1 atom stereocenters. The van der Waals surface area contributed by atoms with Crippen LogP contribution in [-0.2, 0) is 22.7 Å². The molecule has 2 fully saturated rings. The second-order valence-electron chi connectivity index (χ2n) is 8.45. The molecule has 3 aliphatic heterocycles. The highest BCUT2D eigenvalue weighted by Crippen LogP contribution is 2.35. The molecule has 4 heterocycles. The van der Waals surface area contributed by atoms with Crippen LogP contribution >= 0.6 is 11.3 Å². The number of nitrogens with one attached hydrogen (secondary N) is 1. The fourth-order valence-corrected chi connectivity index (χ4v) is 5.50. The molecule has 31 heavy (non-hydrogen) atoms. The third-order valence-corrected chi connectivity index (χ3v) is 7.30. The average Bonchev–Trinajstić information content (AvgIpc) is 3.37. The summed E-state index contributed by atoms with van der Waals surface area (Å²) in [4.78, 5) is 45.6. The number of aromatic nitrogens is 1. The minimum Gasteiger partial charge on any atom is -0.322 e. The van der Waals surface area contributed by atoms with Gasteiger partial charge < -0.3 is 4.90 Å². The van der Waals surface area contributed by atoms with E-state index in [0.717, 1.165) is 38.0 Å². The molecule has 1 aromatic heterocycles. The number of rotatable bonds is 4. The summed E-state index contributed by atoms with van der Waals surface area (Å²) < 4.78 is 15.0. The molecule has 1 N–H and O–H groups in total. The number of halogens is 1. The van der Waals surface area contributed by atoms with E-state index in [9.17, 15) is 18.8 Å². The first-order chi connectivity index (χ1) is 15.0. The first kappa shape index (κ1) is 20.3. The van der Waals surface area contributed by atoms with Crippen LogP contribution in [0.3, 0.4) is 0 Å². The van der Waals surface area contributed by atoms with Crippen molar-refractivity contribution in [2.75, 3.05) is 13.1 Å². The third kappa shape index (κ3) is 3.87. The average molecular weight is 443 g/mol. The topological polar surface area (TPSA) is 82.6 Å². The van der Waals surface area contributed by atoms with Gasteiger partial charge in [-0.05, 0) is 55.5 Å². The maximum atomic E-state index is 15.0. The van der Waals surface area contributed by atoms with Crippen LogP contribution in [0.5, 0.6) is 0 Å². The van der Waals surface area contributed by atoms with E-state index in [2.05, 4.69) is 15.2 Å². The van der Waals surface area contributed by atoms with Gasteiger partial charge in [0.1, 0.15) is 11.9 Å². The summed E-state index contributed by atoms with van der Waals surface area (Å²) in [6.07, 6.45) is 4.12. The third-order valence-electron chi connectivity index (χ3n) is 6.53. The Morgan fingerprint density at radius 3 is 2.68 bits per heavy atom. The summed E-state index contributed by atoms with van der Waals surface area (Å²) >= 11 is 1.65. The summed E-state index contributed by atoms with van der Waals surface area (Å²) in [6, 6.07) is 2.47. The van der Waals surface area contributed by atoms with E-state index < -0.39 is 11.9 Å². The molecule has 0 bridgehead atoms. The molecule has 2 aromatic rings. The highest BCUT2D eigenvalue weighted by Gasteiger charge is 2.40. The number of thiazole rings is 1. The Labute approximate surface area is 183 Å². The van der Waals surface area contributed by atoms with E-state index in [4.69, 9.17) is 0 Å². The predicted octanol–water partition coefficient (Wildman–Crippen LogP) is 2.42. The second-order valence-corrected chi connectivity index (χ2v) is 9.42. The van der Waals surface area contributed by atoms with Gasteiger partial charge >= 0.3 is 0 Å². The minimum absolute atomic E-state index is 0.114. The number of hydrogen-bond acceptors (Lipinski definition) is 6. The van der Waals surface area contributed by atoms with Crippen molar-refractivity contribution >= 4 is 29.1 Å². The maximum absolute atomic E-state index is 15.0. The molecule has 9 heteroatoms. The number of benzene rings is 1. The molecule has 1 unspecified atom stereocenters. The molecule has 0 aliphatic carbocycles. The molecule has 0 spiro atoms. The summed E-state index contributed by atoms with van der Waals surface area (Å²) in [5.41, 5.74) is 3.59. The Hall–Kier alpha value is -2.65. The van der Waals surface area contributed by atoms with Gasteiger partial charge in [0.15, 0.2) is 0 Å². The van der Waals surface area contributed by atoms with Crippen molar-refractivity contribution in [1.29, 1.82) is 0 Å². The molecule has 5 rings (SSSR count). The smallest absolute Gasteiger partial charge is 0.255 e. The van der Waals surface area contributed by atoms with E-state index in [1.807, 2.05) is 17.8 Å². The van der Waals surface area contributed by atoms with Crippen molar-refractivity contribution in [2.45, 2.75) is 50.7 Å². The number of imide groups is 1. The Morgan fingerprint density at radius 1 is 1.16 bits per heavy atom. The number of hydrogen-bond donors (Lipinski definition) is 1. The Kier molecular flexibility index (Phi) is 5.31. The first-order valence-electron chi connectivity index (χ1n) is 10.6. The van der Waals surface area contributed by atoms with Crippen LogP contribution in [0.25, 0.3) is 0 Å². The molecule has 0 saturated carbocycles. The van der Waals surface area contributed by atoms with E-state index in [-0.39, 0.29) is 36.5 Å². The van der Waals surface area contributed by atoms with Crippen molar-refractivity contribution in [1.82, 2.24) is 20.1 Å². The van der Waals surface area contributed by atoms with Gasteiger partial charge in [0.2, 0.25) is 11.8 Å². The van der Waals surface area contributed by atoms with Gasteiger partial charge in [0, 0.05) is 36.1 Å². The van der Waals surface area contributed by atoms with E-state index in [1.165, 1.54) is 15.8 Å². The quantitative estimate of drug-likeness (QED) is 0.736. The largest absolute Gasteiger partial charge is 0.322 e. The second kappa shape index (κ2) is 8.12. The lowest BCUT2D eigenvalue weighted by Gasteiger charge is -2.32. The summed E-state index contributed by atoms with van der Waals surface area (Å²) in [6.45, 7) is 2.93. The van der Waals surface area contributed by atoms with Crippen molar-refractivity contribution < 1.29 is 18.8 Å². The van der Waals surface area contributed by atoms with Crippen LogP contribution < -0.4 is 5.32 Å². The van der Waals surface area contributed by atoms with E-state index >= 15 is 0 Å². The van der Waals surface area contributed by atoms with Gasteiger partial charge in [-0.3, -0.25) is 29.6 Å². The van der Waals surface area contributed by atoms with Crippen molar-refractivity contribution in [3.63, 3.8) is 0 Å². The Bertz CT molecular complexity index is 1030. The van der Waals surface area contributed by atoms with Gasteiger partial charge in [-0.1, -0.05) is 6.07 Å². The SMILES string of the molecule is O=C1CCC(N2Cc3cc(C4CCN(Cc5cncs5)CC4)c(F)cc3C2=O)C(=O)N1. The number of likely N-dealkylation sites (tertiary alicyclic amines) is 1. The molecule has 2 saturated heterocycles. The van der Waals surface area contributed by atoms with Gasteiger partial charge in [0.25, 0.3) is 5.91 Å². The normalized spacial score (nSPS) is 22.7. The number of amides is 3. The van der Waals surface area contributed by atoms with Crippen molar-refractivity contribution in [2.24, 2.45) is 0 Å². The van der Waals surface area contributed by atoms with Crippen LogP contribution in [0.15, 0.2) is 23.8 Å². The zero-order chi connectivity index (χ0) is 21.5. The van der Waals surface area contributed by atoms with Crippen LogP contribution in [0.4, 0.5) is 4.39 Å². The van der Waals surface area contributed by atoms with Crippen molar-refractivity contribution in [3.8, 4) is 0 Å². The molecule has 1 aromatic carbocycles. The fraction of sp³-hybridized carbons (Fsp3) is 0.455. The number of nitrogens with zero attached hydrogens (tertiary/aromatic N) is 3. The molecular formula is C22H23FN4O3S. The molecule has 0 radical (unpaired) electrons. The fourth-order valence-electron chi connectivity index (χ4n) is 4.86. The summed E-state index contributed by atoms with van der Waals surface area (Å²) in [7, 11) is 0. The lowest BCUT2D eigenvalue weighted by atomic mass is 9.87. The van der Waals surface area contributed by atoms with E-state index in [1.54, 1.807) is 11.3 Å². The lowest BCUT2D eigenvalue weighted by molar-refractivity contribution is -0.136.